The zero-order valence-corrected chi connectivity index (χ0v) is 24.7. The van der Waals surface area contributed by atoms with Gasteiger partial charge in [0.25, 0.3) is 0 Å². The summed E-state index contributed by atoms with van der Waals surface area (Å²) in [6.45, 7) is 9.79. The first kappa shape index (κ1) is 31.3. The molecule has 2 aromatic carbocycles. The van der Waals surface area contributed by atoms with Crippen molar-refractivity contribution in [1.29, 1.82) is 0 Å². The lowest BCUT2D eigenvalue weighted by Gasteiger charge is -2.19. The number of rotatable bonds is 8. The van der Waals surface area contributed by atoms with Crippen molar-refractivity contribution >= 4 is 47.3 Å². The van der Waals surface area contributed by atoms with Crippen LogP contribution in [0.2, 0.25) is 10.3 Å². The van der Waals surface area contributed by atoms with Crippen LogP contribution in [0.25, 0.3) is 0 Å². The van der Waals surface area contributed by atoms with Crippen LogP contribution in [0.15, 0.2) is 71.5 Å². The van der Waals surface area contributed by atoms with Gasteiger partial charge in [0.05, 0.1) is 23.6 Å². The minimum atomic E-state index is 0.136. The Bertz CT molecular complexity index is 1490. The molecule has 0 fully saturated rings. The predicted molar refractivity (Wildman–Crippen MR) is 164 cm³/mol. The molecule has 4 rings (SSSR count). The Morgan fingerprint density at radius 1 is 0.756 bits per heavy atom. The maximum absolute atomic E-state index is 8.69. The third kappa shape index (κ3) is 9.12. The molecule has 0 radical (unpaired) electrons. The van der Waals surface area contributed by atoms with Gasteiger partial charge in [-0.15, -0.1) is 0 Å². The van der Waals surface area contributed by atoms with E-state index in [9.17, 15) is 0 Å². The fourth-order valence-electron chi connectivity index (χ4n) is 3.67. The molecule has 0 spiro atoms. The number of aromatic nitrogens is 4. The van der Waals surface area contributed by atoms with Crippen molar-refractivity contribution in [2.45, 2.75) is 46.2 Å². The molecule has 214 valence electrons. The number of hydrogen-bond donors (Lipinski definition) is 4. The second-order valence-electron chi connectivity index (χ2n) is 9.92. The maximum atomic E-state index is 8.69. The lowest BCUT2D eigenvalue weighted by atomic mass is 9.87. The van der Waals surface area contributed by atoms with Gasteiger partial charge in [0.1, 0.15) is 34.6 Å². The van der Waals surface area contributed by atoms with Crippen LogP contribution >= 0.6 is 23.2 Å². The third-order valence-corrected chi connectivity index (χ3v) is 6.63. The van der Waals surface area contributed by atoms with Crippen molar-refractivity contribution in [2.75, 3.05) is 10.6 Å². The van der Waals surface area contributed by atoms with E-state index in [1.807, 2.05) is 31.2 Å². The molecule has 0 aliphatic carbocycles. The largest absolute Gasteiger partial charge is 0.411 e. The maximum Gasteiger partial charge on any atom is 0.143 e. The standard InChI is InChI=1S/C16H19ClN4O.C13H13ClN4O/c1-16(2,3)12-6-4-11(5-7-12)8-18-15-13(9-21-22)14(17)19-10-20-15;1-9-4-2-3-5-10(9)6-15-13-11(7-18-19)12(14)16-8-17-13/h4-7,9-10,22H,8H2,1-3H3,(H,18,19,20);2-5,7-8,19H,6H2,1H3,(H,15,16,17)/b21-9+;18-7+. The van der Waals surface area contributed by atoms with Crippen LogP contribution in [0.4, 0.5) is 11.6 Å². The molecule has 4 aromatic rings. The molecule has 4 N–H and O–H groups in total. The number of nitrogens with one attached hydrogen (secondary N) is 2. The summed E-state index contributed by atoms with van der Waals surface area (Å²) in [5, 5.41) is 30.1. The second kappa shape index (κ2) is 14.9. The number of anilines is 2. The molecule has 0 unspecified atom stereocenters. The summed E-state index contributed by atoms with van der Waals surface area (Å²) in [7, 11) is 0. The van der Waals surface area contributed by atoms with Crippen LogP contribution in [0.3, 0.4) is 0 Å². The fraction of sp³-hybridized carbons (Fsp3) is 0.241. The molecule has 41 heavy (non-hydrogen) atoms. The number of aryl methyl sites for hydroxylation is 1. The van der Waals surface area contributed by atoms with Crippen molar-refractivity contribution in [1.82, 2.24) is 19.9 Å². The van der Waals surface area contributed by atoms with Gasteiger partial charge in [0.15, 0.2) is 0 Å². The number of nitrogens with zero attached hydrogens (tertiary/aromatic N) is 6. The highest BCUT2D eigenvalue weighted by Crippen LogP contribution is 2.23. The Morgan fingerprint density at radius 2 is 1.27 bits per heavy atom. The zero-order chi connectivity index (χ0) is 29.8. The van der Waals surface area contributed by atoms with Gasteiger partial charge in [-0.2, -0.15) is 0 Å². The lowest BCUT2D eigenvalue weighted by Crippen LogP contribution is -2.11. The van der Waals surface area contributed by atoms with Crippen LogP contribution in [0, 0.1) is 6.92 Å². The first-order valence-corrected chi connectivity index (χ1v) is 13.4. The molecule has 0 amide bonds. The van der Waals surface area contributed by atoms with E-state index in [-0.39, 0.29) is 15.7 Å². The lowest BCUT2D eigenvalue weighted by molar-refractivity contribution is 0.321. The number of benzene rings is 2. The quantitative estimate of drug-likeness (QED) is 0.0763. The Kier molecular flexibility index (Phi) is 11.4. The first-order valence-electron chi connectivity index (χ1n) is 12.6. The van der Waals surface area contributed by atoms with E-state index < -0.39 is 0 Å². The molecule has 12 heteroatoms. The normalized spacial score (nSPS) is 11.4. The van der Waals surface area contributed by atoms with Crippen molar-refractivity contribution in [3.05, 3.63) is 105 Å². The molecule has 0 aliphatic rings. The molecule has 2 aromatic heterocycles. The fourth-order valence-corrected chi connectivity index (χ4v) is 4.03. The monoisotopic (exact) mass is 594 g/mol. The topological polar surface area (TPSA) is 141 Å². The van der Waals surface area contributed by atoms with E-state index in [0.717, 1.165) is 11.1 Å². The van der Waals surface area contributed by atoms with Gasteiger partial charge in [0, 0.05) is 13.1 Å². The molecule has 0 aliphatic heterocycles. The molecular formula is C29H32Cl2N8O2. The van der Waals surface area contributed by atoms with Gasteiger partial charge in [-0.3, -0.25) is 0 Å². The summed E-state index contributed by atoms with van der Waals surface area (Å²) >= 11 is 11.9. The van der Waals surface area contributed by atoms with E-state index in [2.05, 4.69) is 85.9 Å². The summed E-state index contributed by atoms with van der Waals surface area (Å²) in [4.78, 5) is 15.9. The highest BCUT2D eigenvalue weighted by atomic mass is 35.5. The average molecular weight is 596 g/mol. The minimum absolute atomic E-state index is 0.136. The summed E-state index contributed by atoms with van der Waals surface area (Å²) in [6, 6.07) is 16.5. The summed E-state index contributed by atoms with van der Waals surface area (Å²) in [6.07, 6.45) is 5.15. The Hall–Kier alpha value is -4.28. The highest BCUT2D eigenvalue weighted by molar-refractivity contribution is 6.32. The predicted octanol–water partition coefficient (Wildman–Crippen LogP) is 6.71. The zero-order valence-electron chi connectivity index (χ0n) is 23.2. The average Bonchev–Trinajstić information content (AvgIpc) is 2.95. The summed E-state index contributed by atoms with van der Waals surface area (Å²) in [5.41, 5.74) is 5.80. The van der Waals surface area contributed by atoms with Gasteiger partial charge in [-0.25, -0.2) is 19.9 Å². The van der Waals surface area contributed by atoms with Crippen molar-refractivity contribution < 1.29 is 10.4 Å². The van der Waals surface area contributed by atoms with Crippen LogP contribution in [0.1, 0.15) is 54.2 Å². The van der Waals surface area contributed by atoms with Gasteiger partial charge < -0.3 is 21.0 Å². The number of halogens is 2. The van der Waals surface area contributed by atoms with E-state index >= 15 is 0 Å². The smallest absolute Gasteiger partial charge is 0.143 e. The number of hydrogen-bond acceptors (Lipinski definition) is 10. The van der Waals surface area contributed by atoms with Crippen LogP contribution in [-0.4, -0.2) is 42.8 Å². The Balaban J connectivity index is 0.000000228. The van der Waals surface area contributed by atoms with E-state index in [1.165, 1.54) is 36.2 Å². The van der Waals surface area contributed by atoms with Crippen molar-refractivity contribution in [3.63, 3.8) is 0 Å². The van der Waals surface area contributed by atoms with E-state index in [4.69, 9.17) is 33.6 Å². The van der Waals surface area contributed by atoms with Crippen molar-refractivity contribution in [3.8, 4) is 0 Å². The van der Waals surface area contributed by atoms with Crippen LogP contribution < -0.4 is 10.6 Å². The van der Waals surface area contributed by atoms with Gasteiger partial charge in [-0.1, -0.05) is 103 Å². The molecule has 0 saturated heterocycles. The Morgan fingerprint density at radius 3 is 1.76 bits per heavy atom. The second-order valence-corrected chi connectivity index (χ2v) is 10.6. The highest BCUT2D eigenvalue weighted by Gasteiger charge is 2.13. The van der Waals surface area contributed by atoms with Crippen LogP contribution in [-0.2, 0) is 18.5 Å². The van der Waals surface area contributed by atoms with Gasteiger partial charge in [0.2, 0.25) is 0 Å². The molecular weight excluding hydrogens is 563 g/mol. The van der Waals surface area contributed by atoms with Crippen molar-refractivity contribution in [2.24, 2.45) is 10.3 Å². The SMILES string of the molecule is CC(C)(C)c1ccc(CNc2ncnc(Cl)c2/C=N/O)cc1.Cc1ccccc1CNc1ncnc(Cl)c1/C=N/O. The summed E-state index contributed by atoms with van der Waals surface area (Å²) < 4.78 is 0. The van der Waals surface area contributed by atoms with E-state index in [1.54, 1.807) is 0 Å². The van der Waals surface area contributed by atoms with E-state index in [0.29, 0.717) is 35.9 Å². The van der Waals surface area contributed by atoms with Crippen LogP contribution in [0.5, 0.6) is 0 Å². The molecule has 0 atom stereocenters. The Labute approximate surface area is 249 Å². The number of oxime groups is 2. The third-order valence-electron chi connectivity index (χ3n) is 6.03. The minimum Gasteiger partial charge on any atom is -0.411 e. The summed E-state index contributed by atoms with van der Waals surface area (Å²) in [5.74, 6) is 1.05. The molecule has 10 nitrogen and oxygen atoms in total. The van der Waals surface area contributed by atoms with Gasteiger partial charge >= 0.3 is 0 Å². The first-order chi connectivity index (χ1) is 19.6. The molecule has 0 bridgehead atoms. The van der Waals surface area contributed by atoms with Gasteiger partial charge in [-0.05, 0) is 34.6 Å². The molecule has 0 saturated carbocycles. The molecule has 2 heterocycles.